The van der Waals surface area contributed by atoms with Gasteiger partial charge in [0.05, 0.1) is 0 Å². The Kier molecular flexibility index (Phi) is 7.41. The molecule has 0 fully saturated rings. The van der Waals surface area contributed by atoms with E-state index in [0.717, 1.165) is 26.1 Å². The van der Waals surface area contributed by atoms with E-state index < -0.39 is 0 Å². The third kappa shape index (κ3) is 5.49. The van der Waals surface area contributed by atoms with Gasteiger partial charge >= 0.3 is 0 Å². The molecule has 0 unspecified atom stereocenters. The van der Waals surface area contributed by atoms with Crippen LogP contribution in [-0.4, -0.2) is 47.2 Å². The van der Waals surface area contributed by atoms with Gasteiger partial charge in [-0.3, -0.25) is 0 Å². The molecule has 0 bridgehead atoms. The summed E-state index contributed by atoms with van der Waals surface area (Å²) in [5.41, 5.74) is 1.25. The molecule has 0 radical (unpaired) electrons. The van der Waals surface area contributed by atoms with Crippen molar-refractivity contribution in [1.82, 2.24) is 5.32 Å². The Bertz CT molecular complexity index is 302. The fourth-order valence-corrected chi connectivity index (χ4v) is 1.74. The van der Waals surface area contributed by atoms with E-state index in [9.17, 15) is 0 Å². The van der Waals surface area contributed by atoms with E-state index in [-0.39, 0.29) is 6.29 Å². The molecule has 0 amide bonds. The molecule has 0 saturated heterocycles. The normalized spacial score (nSPS) is 10.9. The van der Waals surface area contributed by atoms with Crippen LogP contribution in [0.25, 0.3) is 0 Å². The van der Waals surface area contributed by atoms with Crippen LogP contribution in [0.1, 0.15) is 6.42 Å². The summed E-state index contributed by atoms with van der Waals surface area (Å²) in [6, 6.07) is 10.4. The van der Waals surface area contributed by atoms with Crippen molar-refractivity contribution in [1.29, 1.82) is 0 Å². The maximum atomic E-state index is 5.10. The Balaban J connectivity index is 2.11. The standard InChI is InChI=1S/C14H24N2O2/c1-16(13-8-5-4-6-9-13)11-7-10-15-12-14(17-2)18-3/h4-6,8-9,14-15H,7,10-12H2,1-3H3. The summed E-state index contributed by atoms with van der Waals surface area (Å²) in [7, 11) is 5.42. The van der Waals surface area contributed by atoms with Crippen LogP contribution >= 0.6 is 0 Å². The summed E-state index contributed by atoms with van der Waals surface area (Å²) < 4.78 is 10.2. The Hall–Kier alpha value is -1.10. The Labute approximate surface area is 110 Å². The van der Waals surface area contributed by atoms with Crippen LogP contribution in [0.4, 0.5) is 5.69 Å². The Morgan fingerprint density at radius 3 is 2.44 bits per heavy atom. The van der Waals surface area contributed by atoms with Crippen LogP contribution in [0.15, 0.2) is 30.3 Å². The number of hydrogen-bond donors (Lipinski definition) is 1. The Morgan fingerprint density at radius 1 is 1.17 bits per heavy atom. The van der Waals surface area contributed by atoms with Gasteiger partial charge in [0, 0.05) is 40.0 Å². The monoisotopic (exact) mass is 252 g/mol. The third-order valence-corrected chi connectivity index (χ3v) is 2.88. The van der Waals surface area contributed by atoms with Crippen molar-refractivity contribution < 1.29 is 9.47 Å². The van der Waals surface area contributed by atoms with Gasteiger partial charge in [0.2, 0.25) is 0 Å². The highest BCUT2D eigenvalue weighted by molar-refractivity contribution is 5.44. The van der Waals surface area contributed by atoms with E-state index in [2.05, 4.69) is 41.5 Å². The molecule has 1 aromatic carbocycles. The van der Waals surface area contributed by atoms with Crippen molar-refractivity contribution in [2.24, 2.45) is 0 Å². The highest BCUT2D eigenvalue weighted by Crippen LogP contribution is 2.10. The number of ether oxygens (including phenoxy) is 2. The van der Waals surface area contributed by atoms with Gasteiger partial charge < -0.3 is 19.7 Å². The van der Waals surface area contributed by atoms with Crippen molar-refractivity contribution in [3.63, 3.8) is 0 Å². The summed E-state index contributed by atoms with van der Waals surface area (Å²) in [6.45, 7) is 2.71. The third-order valence-electron chi connectivity index (χ3n) is 2.88. The number of nitrogens with zero attached hydrogens (tertiary/aromatic N) is 1. The fraction of sp³-hybridized carbons (Fsp3) is 0.571. The summed E-state index contributed by atoms with van der Waals surface area (Å²) >= 11 is 0. The zero-order chi connectivity index (χ0) is 13.2. The van der Waals surface area contributed by atoms with Crippen molar-refractivity contribution >= 4 is 5.69 Å². The van der Waals surface area contributed by atoms with Gasteiger partial charge in [0.15, 0.2) is 6.29 Å². The average molecular weight is 252 g/mol. The molecule has 0 saturated carbocycles. The van der Waals surface area contributed by atoms with Gasteiger partial charge in [-0.05, 0) is 25.1 Å². The van der Waals surface area contributed by atoms with E-state index in [1.165, 1.54) is 5.69 Å². The van der Waals surface area contributed by atoms with Gasteiger partial charge in [-0.25, -0.2) is 0 Å². The molecule has 18 heavy (non-hydrogen) atoms. The fourth-order valence-electron chi connectivity index (χ4n) is 1.74. The van der Waals surface area contributed by atoms with Gasteiger partial charge in [0.1, 0.15) is 0 Å². The van der Waals surface area contributed by atoms with Crippen LogP contribution in [0.3, 0.4) is 0 Å². The number of hydrogen-bond acceptors (Lipinski definition) is 4. The number of methoxy groups -OCH3 is 2. The highest BCUT2D eigenvalue weighted by atomic mass is 16.7. The van der Waals surface area contributed by atoms with Crippen molar-refractivity contribution in [2.75, 3.05) is 45.8 Å². The molecule has 1 rings (SSSR count). The lowest BCUT2D eigenvalue weighted by Crippen LogP contribution is -2.31. The van der Waals surface area contributed by atoms with E-state index >= 15 is 0 Å². The van der Waals surface area contributed by atoms with Crippen molar-refractivity contribution in [2.45, 2.75) is 12.7 Å². The lowest BCUT2D eigenvalue weighted by Gasteiger charge is -2.19. The first-order chi connectivity index (χ1) is 8.77. The molecule has 0 spiro atoms. The first kappa shape index (κ1) is 15.0. The van der Waals surface area contributed by atoms with Crippen LogP contribution in [0.2, 0.25) is 0 Å². The number of rotatable bonds is 9. The molecule has 102 valence electrons. The number of benzene rings is 1. The zero-order valence-electron chi connectivity index (χ0n) is 11.6. The molecular formula is C14H24N2O2. The molecule has 0 aromatic heterocycles. The molecule has 0 aliphatic carbocycles. The second-order valence-electron chi connectivity index (χ2n) is 4.22. The van der Waals surface area contributed by atoms with Gasteiger partial charge in [-0.1, -0.05) is 18.2 Å². The minimum absolute atomic E-state index is 0.156. The van der Waals surface area contributed by atoms with Gasteiger partial charge in [0.25, 0.3) is 0 Å². The summed E-state index contributed by atoms with van der Waals surface area (Å²) in [5.74, 6) is 0. The van der Waals surface area contributed by atoms with Crippen LogP contribution in [0.5, 0.6) is 0 Å². The average Bonchev–Trinajstić information content (AvgIpc) is 2.43. The summed E-state index contributed by atoms with van der Waals surface area (Å²) in [4.78, 5) is 2.26. The van der Waals surface area contributed by atoms with Gasteiger partial charge in [-0.2, -0.15) is 0 Å². The molecule has 4 nitrogen and oxygen atoms in total. The zero-order valence-corrected chi connectivity index (χ0v) is 11.6. The number of anilines is 1. The van der Waals surface area contributed by atoms with E-state index in [1.54, 1.807) is 14.2 Å². The van der Waals surface area contributed by atoms with Crippen molar-refractivity contribution in [3.8, 4) is 0 Å². The maximum absolute atomic E-state index is 5.10. The van der Waals surface area contributed by atoms with Crippen LogP contribution < -0.4 is 10.2 Å². The molecule has 0 aliphatic rings. The number of nitrogens with one attached hydrogen (secondary N) is 1. The molecule has 0 aliphatic heterocycles. The minimum atomic E-state index is -0.156. The first-order valence-electron chi connectivity index (χ1n) is 6.30. The molecule has 4 heteroatoms. The minimum Gasteiger partial charge on any atom is -0.375 e. The second kappa shape index (κ2) is 8.91. The molecule has 1 aromatic rings. The summed E-state index contributed by atoms with van der Waals surface area (Å²) in [6.07, 6.45) is 0.933. The highest BCUT2D eigenvalue weighted by Gasteiger charge is 2.03. The first-order valence-corrected chi connectivity index (χ1v) is 6.30. The second-order valence-corrected chi connectivity index (χ2v) is 4.22. The number of para-hydroxylation sites is 1. The van der Waals surface area contributed by atoms with Crippen molar-refractivity contribution in [3.05, 3.63) is 30.3 Å². The topological polar surface area (TPSA) is 33.7 Å². The molecule has 1 N–H and O–H groups in total. The quantitative estimate of drug-likeness (QED) is 0.536. The van der Waals surface area contributed by atoms with Crippen LogP contribution in [0, 0.1) is 0 Å². The Morgan fingerprint density at radius 2 is 1.83 bits per heavy atom. The lowest BCUT2D eigenvalue weighted by molar-refractivity contribution is -0.0986. The summed E-state index contributed by atoms with van der Waals surface area (Å²) in [5, 5.41) is 3.32. The van der Waals surface area contributed by atoms with Gasteiger partial charge in [-0.15, -0.1) is 0 Å². The largest absolute Gasteiger partial charge is 0.375 e. The van der Waals surface area contributed by atoms with E-state index in [0.29, 0.717) is 0 Å². The predicted octanol–water partition coefficient (Wildman–Crippen LogP) is 1.72. The molecule has 0 atom stereocenters. The van der Waals surface area contributed by atoms with Crippen LogP contribution in [-0.2, 0) is 9.47 Å². The SMILES string of the molecule is COC(CNCCCN(C)c1ccccc1)OC. The maximum Gasteiger partial charge on any atom is 0.169 e. The van der Waals surface area contributed by atoms with E-state index in [1.807, 2.05) is 6.07 Å². The predicted molar refractivity (Wildman–Crippen MR) is 75.0 cm³/mol. The molecular weight excluding hydrogens is 228 g/mol. The smallest absolute Gasteiger partial charge is 0.169 e. The van der Waals surface area contributed by atoms with E-state index in [4.69, 9.17) is 9.47 Å². The lowest BCUT2D eigenvalue weighted by atomic mass is 10.3. The molecule has 0 heterocycles.